The van der Waals surface area contributed by atoms with E-state index in [2.05, 4.69) is 13.8 Å². The zero-order chi connectivity index (χ0) is 22.8. The molecule has 188 valence electrons. The van der Waals surface area contributed by atoms with E-state index < -0.39 is 0 Å². The summed E-state index contributed by atoms with van der Waals surface area (Å²) in [5.41, 5.74) is 0. The van der Waals surface area contributed by atoms with E-state index in [0.717, 1.165) is 47.8 Å². The van der Waals surface area contributed by atoms with Crippen molar-refractivity contribution >= 4 is 0 Å². The Balaban J connectivity index is 1.39. The lowest BCUT2D eigenvalue weighted by Crippen LogP contribution is -2.35. The van der Waals surface area contributed by atoms with Crippen molar-refractivity contribution in [1.82, 2.24) is 0 Å². The molecule has 0 aliphatic heterocycles. The maximum atomic E-state index is 9.34. The highest BCUT2D eigenvalue weighted by atomic mass is 16.3. The number of aliphatic hydroxyl groups is 2. The Bertz CT molecular complexity index is 471. The van der Waals surface area contributed by atoms with E-state index in [1.807, 2.05) is 0 Å². The fourth-order valence-corrected chi connectivity index (χ4v) is 8.09. The second kappa shape index (κ2) is 14.3. The Morgan fingerprint density at radius 2 is 1.25 bits per heavy atom. The largest absolute Gasteiger partial charge is 0.396 e. The maximum absolute atomic E-state index is 9.34. The molecule has 0 spiro atoms. The topological polar surface area (TPSA) is 40.5 Å². The SMILES string of the molecule is CCCCCC1CCC(C2CCC(C3CCC(CCC(CO)CO)CC3)C(CC)C2)CC1. The van der Waals surface area contributed by atoms with E-state index in [1.54, 1.807) is 6.42 Å². The molecule has 3 unspecified atom stereocenters. The third kappa shape index (κ3) is 7.72. The number of aliphatic hydroxyl groups excluding tert-OH is 2. The summed E-state index contributed by atoms with van der Waals surface area (Å²) in [6, 6.07) is 0. The summed E-state index contributed by atoms with van der Waals surface area (Å²) in [7, 11) is 0. The minimum Gasteiger partial charge on any atom is -0.396 e. The molecule has 3 saturated carbocycles. The Morgan fingerprint density at radius 1 is 0.656 bits per heavy atom. The van der Waals surface area contributed by atoms with E-state index >= 15 is 0 Å². The highest BCUT2D eigenvalue weighted by Crippen LogP contribution is 2.49. The molecule has 3 rings (SSSR count). The Morgan fingerprint density at radius 3 is 1.84 bits per heavy atom. The van der Waals surface area contributed by atoms with Gasteiger partial charge in [0.15, 0.2) is 0 Å². The number of hydrogen-bond acceptors (Lipinski definition) is 2. The molecule has 2 nitrogen and oxygen atoms in total. The lowest BCUT2D eigenvalue weighted by molar-refractivity contribution is 0.0509. The van der Waals surface area contributed by atoms with Crippen LogP contribution in [0.1, 0.15) is 129 Å². The van der Waals surface area contributed by atoms with Gasteiger partial charge >= 0.3 is 0 Å². The standard InChI is InChI=1S/C30H56O2/c1-3-5-6-7-23-10-14-27(15-11-23)29-18-19-30(26(4-2)20-29)28-16-12-24(13-17-28)8-9-25(21-31)22-32/h23-32H,3-22H2,1-2H3. The molecule has 32 heavy (non-hydrogen) atoms. The van der Waals surface area contributed by atoms with Crippen molar-refractivity contribution in [2.24, 2.45) is 47.3 Å². The van der Waals surface area contributed by atoms with Crippen LogP contribution in [0.3, 0.4) is 0 Å². The molecule has 2 N–H and O–H groups in total. The Hall–Kier alpha value is -0.0800. The van der Waals surface area contributed by atoms with Gasteiger partial charge in [0.2, 0.25) is 0 Å². The monoisotopic (exact) mass is 448 g/mol. The van der Waals surface area contributed by atoms with Gasteiger partial charge in [-0.25, -0.2) is 0 Å². The third-order valence-electron chi connectivity index (χ3n) is 10.4. The molecule has 0 aromatic rings. The van der Waals surface area contributed by atoms with Crippen LogP contribution in [0.15, 0.2) is 0 Å². The fraction of sp³-hybridized carbons (Fsp3) is 1.00. The van der Waals surface area contributed by atoms with Crippen LogP contribution in [0.25, 0.3) is 0 Å². The molecule has 0 aromatic heterocycles. The highest BCUT2D eigenvalue weighted by molar-refractivity contribution is 4.89. The van der Waals surface area contributed by atoms with Crippen molar-refractivity contribution in [3.63, 3.8) is 0 Å². The van der Waals surface area contributed by atoms with Crippen LogP contribution in [-0.2, 0) is 0 Å². The number of hydrogen-bond donors (Lipinski definition) is 2. The van der Waals surface area contributed by atoms with Crippen molar-refractivity contribution in [3.8, 4) is 0 Å². The first-order valence-corrected chi connectivity index (χ1v) is 14.9. The molecule has 0 radical (unpaired) electrons. The smallest absolute Gasteiger partial charge is 0.0481 e. The molecule has 0 bridgehead atoms. The Kier molecular flexibility index (Phi) is 11.9. The van der Waals surface area contributed by atoms with Crippen LogP contribution in [0.2, 0.25) is 0 Å². The summed E-state index contributed by atoms with van der Waals surface area (Å²) < 4.78 is 0. The van der Waals surface area contributed by atoms with Gasteiger partial charge in [0.25, 0.3) is 0 Å². The molecule has 2 heteroatoms. The summed E-state index contributed by atoms with van der Waals surface area (Å²) in [5.74, 6) is 7.08. The van der Waals surface area contributed by atoms with Gasteiger partial charge in [0, 0.05) is 19.1 Å². The van der Waals surface area contributed by atoms with Crippen molar-refractivity contribution in [2.45, 2.75) is 129 Å². The summed E-state index contributed by atoms with van der Waals surface area (Å²) in [6.45, 7) is 5.09. The zero-order valence-corrected chi connectivity index (χ0v) is 21.7. The Labute approximate surface area is 200 Å². The van der Waals surface area contributed by atoms with E-state index in [0.29, 0.717) is 0 Å². The molecule has 3 aliphatic rings. The lowest BCUT2D eigenvalue weighted by Gasteiger charge is -2.45. The van der Waals surface area contributed by atoms with E-state index in [4.69, 9.17) is 0 Å². The van der Waals surface area contributed by atoms with E-state index in [9.17, 15) is 10.2 Å². The predicted molar refractivity (Wildman–Crippen MR) is 137 cm³/mol. The van der Waals surface area contributed by atoms with Crippen LogP contribution in [0.4, 0.5) is 0 Å². The van der Waals surface area contributed by atoms with Crippen LogP contribution in [0.5, 0.6) is 0 Å². The number of unbranched alkanes of at least 4 members (excludes halogenated alkanes) is 2. The molecule has 0 heterocycles. The van der Waals surface area contributed by atoms with Crippen LogP contribution in [0, 0.1) is 47.3 Å². The average Bonchev–Trinajstić information content (AvgIpc) is 2.85. The average molecular weight is 449 g/mol. The van der Waals surface area contributed by atoms with Crippen molar-refractivity contribution in [3.05, 3.63) is 0 Å². The zero-order valence-electron chi connectivity index (χ0n) is 21.7. The minimum absolute atomic E-state index is 0.110. The van der Waals surface area contributed by atoms with Crippen LogP contribution in [-0.4, -0.2) is 23.4 Å². The first kappa shape index (κ1) is 26.5. The summed E-state index contributed by atoms with van der Waals surface area (Å²) in [4.78, 5) is 0. The summed E-state index contributed by atoms with van der Waals surface area (Å²) in [6.07, 6.45) is 25.8. The lowest BCUT2D eigenvalue weighted by atomic mass is 9.60. The first-order valence-electron chi connectivity index (χ1n) is 14.9. The van der Waals surface area contributed by atoms with Crippen molar-refractivity contribution in [1.29, 1.82) is 0 Å². The molecule has 0 saturated heterocycles. The molecule has 0 aromatic carbocycles. The summed E-state index contributed by atoms with van der Waals surface area (Å²) in [5, 5.41) is 18.7. The van der Waals surface area contributed by atoms with Gasteiger partial charge in [-0.2, -0.15) is 0 Å². The van der Waals surface area contributed by atoms with Gasteiger partial charge in [-0.15, -0.1) is 0 Å². The predicted octanol–water partition coefficient (Wildman–Crippen LogP) is 8.00. The molecular formula is C30H56O2. The second-order valence-electron chi connectivity index (χ2n) is 12.3. The van der Waals surface area contributed by atoms with Gasteiger partial charge in [-0.1, -0.05) is 78.1 Å². The van der Waals surface area contributed by atoms with Gasteiger partial charge < -0.3 is 10.2 Å². The van der Waals surface area contributed by atoms with Crippen LogP contribution < -0.4 is 0 Å². The second-order valence-corrected chi connectivity index (χ2v) is 12.3. The maximum Gasteiger partial charge on any atom is 0.0481 e. The van der Waals surface area contributed by atoms with Crippen molar-refractivity contribution < 1.29 is 10.2 Å². The van der Waals surface area contributed by atoms with Gasteiger partial charge in [-0.3, -0.25) is 0 Å². The number of rotatable bonds is 12. The molecule has 3 aliphatic carbocycles. The third-order valence-corrected chi connectivity index (χ3v) is 10.4. The highest BCUT2D eigenvalue weighted by Gasteiger charge is 2.39. The fourth-order valence-electron chi connectivity index (χ4n) is 8.09. The molecule has 3 atom stereocenters. The van der Waals surface area contributed by atoms with E-state index in [1.165, 1.54) is 103 Å². The summed E-state index contributed by atoms with van der Waals surface area (Å²) >= 11 is 0. The van der Waals surface area contributed by atoms with Gasteiger partial charge in [0.1, 0.15) is 0 Å². The van der Waals surface area contributed by atoms with Gasteiger partial charge in [0.05, 0.1) is 0 Å². The first-order chi connectivity index (χ1) is 15.7. The quantitative estimate of drug-likeness (QED) is 0.297. The molecular weight excluding hydrogens is 392 g/mol. The van der Waals surface area contributed by atoms with E-state index in [-0.39, 0.29) is 19.1 Å². The molecule has 0 amide bonds. The normalized spacial score (nSPS) is 36.5. The molecule has 3 fully saturated rings. The minimum atomic E-state index is 0.110. The van der Waals surface area contributed by atoms with Crippen LogP contribution >= 0.6 is 0 Å². The van der Waals surface area contributed by atoms with Gasteiger partial charge in [-0.05, 0) is 92.8 Å². The van der Waals surface area contributed by atoms with Crippen molar-refractivity contribution in [2.75, 3.05) is 13.2 Å².